The van der Waals surface area contributed by atoms with Gasteiger partial charge in [-0.25, -0.2) is 8.42 Å². The molecule has 1 N–H and O–H groups in total. The summed E-state index contributed by atoms with van der Waals surface area (Å²) in [5.74, 6) is 0.350. The summed E-state index contributed by atoms with van der Waals surface area (Å²) in [4.78, 5) is 13.6. The van der Waals surface area contributed by atoms with E-state index in [9.17, 15) is 13.2 Å². The number of rotatable bonds is 6. The first kappa shape index (κ1) is 19.6. The van der Waals surface area contributed by atoms with Crippen LogP contribution in [0.1, 0.15) is 12.8 Å². The number of carbonyl (C=O) groups excluding carboxylic acids is 1. The van der Waals surface area contributed by atoms with Gasteiger partial charge in [-0.3, -0.25) is 10.1 Å². The molecule has 3 aromatic rings. The predicted molar refractivity (Wildman–Crippen MR) is 106 cm³/mol. The Labute approximate surface area is 171 Å². The van der Waals surface area contributed by atoms with Gasteiger partial charge in [0.1, 0.15) is 11.8 Å². The fourth-order valence-electron chi connectivity index (χ4n) is 3.14. The number of carbonyl (C=O) groups is 1. The quantitative estimate of drug-likeness (QED) is 0.634. The highest BCUT2D eigenvalue weighted by Gasteiger charge is 2.40. The summed E-state index contributed by atoms with van der Waals surface area (Å²) >= 11 is 1.43. The molecule has 1 aliphatic rings. The second-order valence-electron chi connectivity index (χ2n) is 6.33. The highest BCUT2D eigenvalue weighted by molar-refractivity contribution is 7.89. The number of amides is 1. The van der Waals surface area contributed by atoms with E-state index in [1.54, 1.807) is 12.1 Å². The Bertz CT molecular complexity index is 1090. The summed E-state index contributed by atoms with van der Waals surface area (Å²) in [5, 5.41) is 12.1. The Kier molecular flexibility index (Phi) is 5.35. The van der Waals surface area contributed by atoms with Crippen LogP contribution in [0, 0.1) is 0 Å². The topological polar surface area (TPSA) is 115 Å². The lowest BCUT2D eigenvalue weighted by atomic mass is 10.2. The summed E-state index contributed by atoms with van der Waals surface area (Å²) in [5.41, 5.74) is 0. The predicted octanol–water partition coefficient (Wildman–Crippen LogP) is 2.60. The van der Waals surface area contributed by atoms with Crippen LogP contribution in [0.5, 0.6) is 5.75 Å². The molecule has 9 nitrogen and oxygen atoms in total. The number of benzene rings is 1. The zero-order valence-corrected chi connectivity index (χ0v) is 17.1. The first-order valence-corrected chi connectivity index (χ1v) is 11.1. The van der Waals surface area contributed by atoms with Crippen molar-refractivity contribution in [1.82, 2.24) is 14.5 Å². The van der Waals surface area contributed by atoms with Gasteiger partial charge in [-0.1, -0.05) is 11.2 Å². The first-order valence-electron chi connectivity index (χ1n) is 8.83. The van der Waals surface area contributed by atoms with Crippen molar-refractivity contribution >= 4 is 33.3 Å². The van der Waals surface area contributed by atoms with Gasteiger partial charge in [-0.2, -0.15) is 4.31 Å². The molecule has 1 unspecified atom stereocenters. The number of nitrogens with zero attached hydrogens (tertiary/aromatic N) is 3. The lowest BCUT2D eigenvalue weighted by Crippen LogP contribution is -2.43. The highest BCUT2D eigenvalue weighted by atomic mass is 32.2. The van der Waals surface area contributed by atoms with Crippen molar-refractivity contribution in [2.45, 2.75) is 23.8 Å². The molecule has 11 heteroatoms. The summed E-state index contributed by atoms with van der Waals surface area (Å²) < 4.78 is 37.8. The fraction of sp³-hybridized carbons (Fsp3) is 0.278. The maximum Gasteiger partial charge on any atom is 0.322 e. The van der Waals surface area contributed by atoms with E-state index in [2.05, 4.69) is 15.5 Å². The second kappa shape index (κ2) is 7.93. The third-order valence-electron chi connectivity index (χ3n) is 4.56. The van der Waals surface area contributed by atoms with Crippen LogP contribution in [0.25, 0.3) is 10.8 Å². The molecule has 0 spiro atoms. The Morgan fingerprint density at radius 1 is 1.28 bits per heavy atom. The summed E-state index contributed by atoms with van der Waals surface area (Å²) in [6.45, 7) is 0.261. The van der Waals surface area contributed by atoms with E-state index in [1.165, 1.54) is 34.9 Å². The van der Waals surface area contributed by atoms with Gasteiger partial charge in [0.25, 0.3) is 5.89 Å². The van der Waals surface area contributed by atoms with Crippen molar-refractivity contribution in [1.29, 1.82) is 0 Å². The smallest absolute Gasteiger partial charge is 0.322 e. The maximum absolute atomic E-state index is 13.0. The zero-order valence-electron chi connectivity index (χ0n) is 15.4. The van der Waals surface area contributed by atoms with Crippen LogP contribution in [-0.2, 0) is 14.8 Å². The molecule has 0 bridgehead atoms. The number of hydrogen-bond donors (Lipinski definition) is 1. The Balaban J connectivity index is 1.50. The number of methoxy groups -OCH3 is 1. The average Bonchev–Trinajstić information content (AvgIpc) is 3.48. The van der Waals surface area contributed by atoms with Gasteiger partial charge < -0.3 is 9.15 Å². The molecule has 0 aliphatic carbocycles. The molecular formula is C18H18N4O5S2. The van der Waals surface area contributed by atoms with Gasteiger partial charge in [0.2, 0.25) is 15.9 Å². The summed E-state index contributed by atoms with van der Waals surface area (Å²) in [6.07, 6.45) is 0.991. The van der Waals surface area contributed by atoms with Gasteiger partial charge in [-0.15, -0.1) is 16.4 Å². The van der Waals surface area contributed by atoms with Crippen LogP contribution in [-0.4, -0.2) is 48.5 Å². The van der Waals surface area contributed by atoms with Crippen LogP contribution in [0.4, 0.5) is 6.01 Å². The Hall–Kier alpha value is -2.76. The average molecular weight is 434 g/mol. The van der Waals surface area contributed by atoms with E-state index >= 15 is 0 Å². The van der Waals surface area contributed by atoms with Crippen LogP contribution >= 0.6 is 11.3 Å². The number of hydrogen-bond acceptors (Lipinski definition) is 8. The molecule has 2 aromatic heterocycles. The Morgan fingerprint density at radius 3 is 2.76 bits per heavy atom. The maximum atomic E-state index is 13.0. The fourth-order valence-corrected chi connectivity index (χ4v) is 5.44. The zero-order chi connectivity index (χ0) is 20.4. The van der Waals surface area contributed by atoms with E-state index in [1.807, 2.05) is 17.5 Å². The number of aromatic nitrogens is 2. The first-order chi connectivity index (χ1) is 14.0. The molecule has 3 heterocycles. The molecule has 29 heavy (non-hydrogen) atoms. The Morgan fingerprint density at radius 2 is 2.07 bits per heavy atom. The number of thiophene rings is 1. The lowest BCUT2D eigenvalue weighted by Gasteiger charge is -2.22. The SMILES string of the molecule is COc1ccc(S(=O)(=O)N2CCCC2C(=O)Nc2nnc(-c3cccs3)o2)cc1. The van der Waals surface area contributed by atoms with E-state index in [-0.39, 0.29) is 17.5 Å². The minimum absolute atomic E-state index is 0.0629. The van der Waals surface area contributed by atoms with Crippen molar-refractivity contribution < 1.29 is 22.4 Å². The molecule has 1 amide bonds. The second-order valence-corrected chi connectivity index (χ2v) is 9.17. The number of nitrogens with one attached hydrogen (secondary N) is 1. The molecule has 1 saturated heterocycles. The third kappa shape index (κ3) is 3.88. The number of sulfonamides is 1. The third-order valence-corrected chi connectivity index (χ3v) is 7.34. The summed E-state index contributed by atoms with van der Waals surface area (Å²) in [6, 6.07) is 8.84. The standard InChI is InChI=1S/C18H18N4O5S2/c1-26-12-6-8-13(9-7-12)29(24,25)22-10-2-4-14(22)16(23)19-18-21-20-17(27-18)15-5-3-11-28-15/h3,5-9,11,14H,2,4,10H2,1H3,(H,19,21,23). The largest absolute Gasteiger partial charge is 0.497 e. The molecule has 1 aliphatic heterocycles. The van der Waals surface area contributed by atoms with Gasteiger partial charge in [-0.05, 0) is 48.6 Å². The lowest BCUT2D eigenvalue weighted by molar-refractivity contribution is -0.119. The van der Waals surface area contributed by atoms with Crippen molar-refractivity contribution in [3.8, 4) is 16.5 Å². The van der Waals surface area contributed by atoms with E-state index in [4.69, 9.17) is 9.15 Å². The molecule has 0 saturated carbocycles. The molecule has 1 aromatic carbocycles. The monoisotopic (exact) mass is 434 g/mol. The molecule has 0 radical (unpaired) electrons. The van der Waals surface area contributed by atoms with Gasteiger partial charge >= 0.3 is 6.01 Å². The van der Waals surface area contributed by atoms with Gasteiger partial charge in [0.05, 0.1) is 16.9 Å². The van der Waals surface area contributed by atoms with Gasteiger partial charge in [0.15, 0.2) is 0 Å². The summed E-state index contributed by atoms with van der Waals surface area (Å²) in [7, 11) is -2.32. The molecule has 1 atom stereocenters. The van der Waals surface area contributed by atoms with Crippen molar-refractivity contribution in [3.05, 3.63) is 41.8 Å². The van der Waals surface area contributed by atoms with Crippen molar-refractivity contribution in [2.75, 3.05) is 19.0 Å². The minimum atomic E-state index is -3.83. The van der Waals surface area contributed by atoms with Crippen LogP contribution < -0.4 is 10.1 Å². The van der Waals surface area contributed by atoms with Crippen molar-refractivity contribution in [3.63, 3.8) is 0 Å². The van der Waals surface area contributed by atoms with Gasteiger partial charge in [0, 0.05) is 6.54 Å². The minimum Gasteiger partial charge on any atom is -0.497 e. The van der Waals surface area contributed by atoms with Crippen molar-refractivity contribution in [2.24, 2.45) is 0 Å². The molecule has 152 valence electrons. The molecule has 4 rings (SSSR count). The molecule has 1 fully saturated rings. The highest BCUT2D eigenvalue weighted by Crippen LogP contribution is 2.29. The normalized spacial score (nSPS) is 17.3. The van der Waals surface area contributed by atoms with Crippen LogP contribution in [0.3, 0.4) is 0 Å². The van der Waals surface area contributed by atoms with Crippen LogP contribution in [0.15, 0.2) is 51.1 Å². The van der Waals surface area contributed by atoms with E-state index in [0.717, 1.165) is 4.88 Å². The number of anilines is 1. The van der Waals surface area contributed by atoms with E-state index < -0.39 is 22.0 Å². The molecular weight excluding hydrogens is 416 g/mol. The number of ether oxygens (including phenoxy) is 1. The van der Waals surface area contributed by atoms with Crippen LogP contribution in [0.2, 0.25) is 0 Å². The van der Waals surface area contributed by atoms with E-state index in [0.29, 0.717) is 24.5 Å².